The van der Waals surface area contributed by atoms with Crippen molar-refractivity contribution in [3.8, 4) is 0 Å². The second-order valence-electron chi connectivity index (χ2n) is 6.18. The highest BCUT2D eigenvalue weighted by molar-refractivity contribution is 5.13. The summed E-state index contributed by atoms with van der Waals surface area (Å²) >= 11 is 0. The van der Waals surface area contributed by atoms with Gasteiger partial charge in [-0.05, 0) is 57.1 Å². The van der Waals surface area contributed by atoms with Crippen LogP contribution >= 0.6 is 0 Å². The van der Waals surface area contributed by atoms with E-state index in [1.54, 1.807) is 7.11 Å². The minimum Gasteiger partial charge on any atom is -0.387 e. The summed E-state index contributed by atoms with van der Waals surface area (Å²) in [6, 6.07) is 1.33. The summed E-state index contributed by atoms with van der Waals surface area (Å²) in [5, 5.41) is 13.2. The molecule has 1 fully saturated rings. The van der Waals surface area contributed by atoms with Crippen LogP contribution in [0.4, 0.5) is 4.39 Å². The summed E-state index contributed by atoms with van der Waals surface area (Å²) in [6.07, 6.45) is 9.61. The van der Waals surface area contributed by atoms with Gasteiger partial charge in [0.05, 0.1) is 18.4 Å². The number of ether oxygens (including phenoxy) is 1. The van der Waals surface area contributed by atoms with Crippen molar-refractivity contribution >= 4 is 0 Å². The zero-order chi connectivity index (χ0) is 15.8. The molecule has 124 valence electrons. The van der Waals surface area contributed by atoms with Gasteiger partial charge in [0.1, 0.15) is 5.82 Å². The van der Waals surface area contributed by atoms with E-state index in [-0.39, 0.29) is 0 Å². The molecule has 2 N–H and O–H groups in total. The zero-order valence-electron chi connectivity index (χ0n) is 13.3. The standard InChI is InChI=1S/C17H27FN2O2/c1-22-16-6-4-13(5-7-16)3-2-8-19-12-17(21)14-9-15(18)11-20-10-14/h9-11,13,16-17,19,21H,2-8,12H2,1H3. The minimum atomic E-state index is -0.708. The van der Waals surface area contributed by atoms with Gasteiger partial charge in [-0.25, -0.2) is 4.39 Å². The molecule has 0 saturated heterocycles. The molecule has 1 aromatic rings. The van der Waals surface area contributed by atoms with Crippen LogP contribution in [0.5, 0.6) is 0 Å². The zero-order valence-corrected chi connectivity index (χ0v) is 13.3. The van der Waals surface area contributed by atoms with Crippen molar-refractivity contribution in [3.63, 3.8) is 0 Å². The van der Waals surface area contributed by atoms with E-state index in [9.17, 15) is 9.50 Å². The molecular formula is C17H27FN2O2. The molecule has 0 radical (unpaired) electrons. The molecule has 0 spiro atoms. The van der Waals surface area contributed by atoms with Gasteiger partial charge in [-0.2, -0.15) is 0 Å². The molecule has 22 heavy (non-hydrogen) atoms. The van der Waals surface area contributed by atoms with E-state index >= 15 is 0 Å². The summed E-state index contributed by atoms with van der Waals surface area (Å²) < 4.78 is 18.4. The number of pyridine rings is 1. The molecule has 1 unspecified atom stereocenters. The van der Waals surface area contributed by atoms with E-state index in [1.165, 1.54) is 44.4 Å². The average molecular weight is 310 g/mol. The topological polar surface area (TPSA) is 54.4 Å². The van der Waals surface area contributed by atoms with Crippen molar-refractivity contribution in [3.05, 3.63) is 29.8 Å². The van der Waals surface area contributed by atoms with Crippen LogP contribution in [0.25, 0.3) is 0 Å². The largest absolute Gasteiger partial charge is 0.387 e. The maximum atomic E-state index is 13.0. The molecule has 1 aliphatic rings. The Bertz CT molecular complexity index is 436. The van der Waals surface area contributed by atoms with Crippen LogP contribution in [0.3, 0.4) is 0 Å². The molecule has 0 amide bonds. The monoisotopic (exact) mass is 310 g/mol. The van der Waals surface area contributed by atoms with Crippen molar-refractivity contribution < 1.29 is 14.2 Å². The first-order chi connectivity index (χ1) is 10.7. The number of halogens is 1. The molecule has 4 nitrogen and oxygen atoms in total. The quantitative estimate of drug-likeness (QED) is 0.725. The van der Waals surface area contributed by atoms with E-state index < -0.39 is 11.9 Å². The number of aliphatic hydroxyl groups is 1. The van der Waals surface area contributed by atoms with Crippen LogP contribution in [0.1, 0.15) is 50.2 Å². The Balaban J connectivity index is 1.56. The normalized spacial score (nSPS) is 23.4. The third-order valence-electron chi connectivity index (χ3n) is 4.54. The lowest BCUT2D eigenvalue weighted by Gasteiger charge is -2.27. The predicted octanol–water partition coefficient (Wildman–Crippen LogP) is 2.83. The van der Waals surface area contributed by atoms with Gasteiger partial charge in [0.25, 0.3) is 0 Å². The van der Waals surface area contributed by atoms with E-state index in [2.05, 4.69) is 10.3 Å². The van der Waals surface area contributed by atoms with Crippen LogP contribution in [0.2, 0.25) is 0 Å². The number of hydrogen-bond acceptors (Lipinski definition) is 4. The van der Waals surface area contributed by atoms with E-state index in [0.717, 1.165) is 25.1 Å². The summed E-state index contributed by atoms with van der Waals surface area (Å²) in [5.41, 5.74) is 0.519. The van der Waals surface area contributed by atoms with Crippen molar-refractivity contribution in [2.24, 2.45) is 5.92 Å². The smallest absolute Gasteiger partial charge is 0.141 e. The predicted molar refractivity (Wildman–Crippen MR) is 84.0 cm³/mol. The molecular weight excluding hydrogens is 283 g/mol. The van der Waals surface area contributed by atoms with Gasteiger partial charge in [0, 0.05) is 25.4 Å². The molecule has 2 rings (SSSR count). The van der Waals surface area contributed by atoms with E-state index in [0.29, 0.717) is 18.2 Å². The van der Waals surface area contributed by atoms with Gasteiger partial charge in [0.2, 0.25) is 0 Å². The molecule has 1 atom stereocenters. The lowest BCUT2D eigenvalue weighted by Crippen LogP contribution is -2.24. The number of methoxy groups -OCH3 is 1. The fraction of sp³-hybridized carbons (Fsp3) is 0.706. The Morgan fingerprint density at radius 1 is 1.36 bits per heavy atom. The van der Waals surface area contributed by atoms with Crippen molar-refractivity contribution in [2.75, 3.05) is 20.2 Å². The highest BCUT2D eigenvalue weighted by atomic mass is 19.1. The number of hydrogen-bond donors (Lipinski definition) is 2. The summed E-state index contributed by atoms with van der Waals surface area (Å²) in [7, 11) is 1.80. The van der Waals surface area contributed by atoms with Crippen LogP contribution in [0, 0.1) is 11.7 Å². The summed E-state index contributed by atoms with van der Waals surface area (Å²) in [4.78, 5) is 3.75. The maximum Gasteiger partial charge on any atom is 0.141 e. The van der Waals surface area contributed by atoms with Gasteiger partial charge >= 0.3 is 0 Å². The highest BCUT2D eigenvalue weighted by Crippen LogP contribution is 2.28. The fourth-order valence-electron chi connectivity index (χ4n) is 3.14. The first kappa shape index (κ1) is 17.3. The lowest BCUT2D eigenvalue weighted by molar-refractivity contribution is 0.0552. The second-order valence-corrected chi connectivity index (χ2v) is 6.18. The van der Waals surface area contributed by atoms with E-state index in [1.807, 2.05) is 0 Å². The van der Waals surface area contributed by atoms with Crippen LogP contribution < -0.4 is 5.32 Å². The molecule has 0 aliphatic heterocycles. The maximum absolute atomic E-state index is 13.0. The number of rotatable bonds is 8. The Hall–Kier alpha value is -1.04. The molecule has 0 bridgehead atoms. The first-order valence-electron chi connectivity index (χ1n) is 8.21. The van der Waals surface area contributed by atoms with Gasteiger partial charge in [-0.15, -0.1) is 0 Å². The van der Waals surface area contributed by atoms with Crippen molar-refractivity contribution in [1.82, 2.24) is 10.3 Å². The van der Waals surface area contributed by atoms with Gasteiger partial charge in [-0.3, -0.25) is 4.98 Å². The Labute approximate surface area is 132 Å². The molecule has 1 saturated carbocycles. The summed E-state index contributed by atoms with van der Waals surface area (Å²) in [5.74, 6) is 0.397. The van der Waals surface area contributed by atoms with Crippen LogP contribution in [-0.4, -0.2) is 36.4 Å². The molecule has 1 aromatic heterocycles. The molecule has 0 aromatic carbocycles. The van der Waals surface area contributed by atoms with E-state index in [4.69, 9.17) is 4.74 Å². The lowest BCUT2D eigenvalue weighted by atomic mass is 9.84. The van der Waals surface area contributed by atoms with Crippen LogP contribution in [-0.2, 0) is 4.74 Å². The minimum absolute atomic E-state index is 0.414. The molecule has 1 aliphatic carbocycles. The third kappa shape index (κ3) is 5.63. The van der Waals surface area contributed by atoms with Gasteiger partial charge in [0.15, 0.2) is 0 Å². The molecule has 5 heteroatoms. The number of nitrogens with zero attached hydrogens (tertiary/aromatic N) is 1. The Kier molecular flexibility index (Phi) is 7.22. The SMILES string of the molecule is COC1CCC(CCCNCC(O)c2cncc(F)c2)CC1. The van der Waals surface area contributed by atoms with Crippen molar-refractivity contribution in [2.45, 2.75) is 50.7 Å². The summed E-state index contributed by atoms with van der Waals surface area (Å²) in [6.45, 7) is 1.31. The fourth-order valence-corrected chi connectivity index (χ4v) is 3.14. The number of aliphatic hydroxyl groups excluding tert-OH is 1. The Morgan fingerprint density at radius 2 is 2.14 bits per heavy atom. The van der Waals surface area contributed by atoms with Crippen molar-refractivity contribution in [1.29, 1.82) is 0 Å². The van der Waals surface area contributed by atoms with Gasteiger partial charge in [-0.1, -0.05) is 0 Å². The number of nitrogens with one attached hydrogen (secondary N) is 1. The highest BCUT2D eigenvalue weighted by Gasteiger charge is 2.20. The first-order valence-corrected chi connectivity index (χ1v) is 8.21. The molecule has 1 heterocycles. The van der Waals surface area contributed by atoms with Crippen LogP contribution in [0.15, 0.2) is 18.5 Å². The third-order valence-corrected chi connectivity index (χ3v) is 4.54. The van der Waals surface area contributed by atoms with Gasteiger partial charge < -0.3 is 15.2 Å². The second kappa shape index (κ2) is 9.18. The number of aromatic nitrogens is 1. The average Bonchev–Trinajstić information content (AvgIpc) is 2.55. The Morgan fingerprint density at radius 3 is 2.82 bits per heavy atom.